The van der Waals surface area contributed by atoms with Crippen molar-refractivity contribution in [3.05, 3.63) is 62.1 Å². The van der Waals surface area contributed by atoms with Crippen molar-refractivity contribution >= 4 is 52.1 Å². The van der Waals surface area contributed by atoms with Crippen molar-refractivity contribution < 1.29 is 0 Å². The van der Waals surface area contributed by atoms with Crippen molar-refractivity contribution in [1.29, 1.82) is 0 Å². The number of hydrogen-bond acceptors (Lipinski definition) is 2. The summed E-state index contributed by atoms with van der Waals surface area (Å²) in [4.78, 5) is 4.67. The molecule has 23 heavy (non-hydrogen) atoms. The van der Waals surface area contributed by atoms with Gasteiger partial charge < -0.3 is 4.90 Å². The van der Waals surface area contributed by atoms with Crippen LogP contribution in [0.4, 0.5) is 5.69 Å². The van der Waals surface area contributed by atoms with Crippen LogP contribution in [0.1, 0.15) is 5.56 Å². The number of anilines is 1. The number of rotatable bonds is 3. The summed E-state index contributed by atoms with van der Waals surface area (Å²) in [6.45, 7) is 4.53. The lowest BCUT2D eigenvalue weighted by atomic mass is 10.2. The first kappa shape index (κ1) is 17.2. The fourth-order valence-corrected chi connectivity index (χ4v) is 3.56. The molecule has 0 N–H and O–H groups in total. The number of halogens is 4. The van der Waals surface area contributed by atoms with E-state index in [2.05, 4.69) is 9.80 Å². The van der Waals surface area contributed by atoms with Crippen LogP contribution in [0.15, 0.2) is 36.4 Å². The van der Waals surface area contributed by atoms with E-state index >= 15 is 0 Å². The van der Waals surface area contributed by atoms with E-state index in [4.69, 9.17) is 46.4 Å². The maximum absolute atomic E-state index is 6.26. The van der Waals surface area contributed by atoms with Gasteiger partial charge in [-0.3, -0.25) is 4.90 Å². The Morgan fingerprint density at radius 1 is 0.739 bits per heavy atom. The van der Waals surface area contributed by atoms with Gasteiger partial charge in [-0.05, 0) is 30.3 Å². The third-order valence-electron chi connectivity index (χ3n) is 4.08. The molecule has 0 saturated carbocycles. The van der Waals surface area contributed by atoms with E-state index < -0.39 is 0 Å². The third-order valence-corrected chi connectivity index (χ3v) is 5.53. The fraction of sp³-hybridized carbons (Fsp3) is 0.294. The zero-order chi connectivity index (χ0) is 16.4. The zero-order valence-corrected chi connectivity index (χ0v) is 15.4. The molecule has 1 fully saturated rings. The normalized spacial score (nSPS) is 15.9. The van der Waals surface area contributed by atoms with Crippen molar-refractivity contribution in [2.24, 2.45) is 0 Å². The smallest absolute Gasteiger partial charge is 0.0612 e. The van der Waals surface area contributed by atoms with Crippen LogP contribution in [0.3, 0.4) is 0 Å². The summed E-state index contributed by atoms with van der Waals surface area (Å²) in [5.74, 6) is 0. The second-order valence-corrected chi connectivity index (χ2v) is 7.19. The highest BCUT2D eigenvalue weighted by Gasteiger charge is 2.19. The summed E-state index contributed by atoms with van der Waals surface area (Å²) >= 11 is 24.6. The molecule has 2 aromatic carbocycles. The van der Waals surface area contributed by atoms with Crippen LogP contribution in [-0.4, -0.2) is 31.1 Å². The molecule has 0 atom stereocenters. The average Bonchev–Trinajstić information content (AvgIpc) is 2.54. The van der Waals surface area contributed by atoms with Gasteiger partial charge in [-0.1, -0.05) is 52.5 Å². The molecular formula is C17H16Cl4N2. The van der Waals surface area contributed by atoms with Crippen molar-refractivity contribution in [2.45, 2.75) is 6.54 Å². The molecule has 6 heteroatoms. The van der Waals surface area contributed by atoms with Gasteiger partial charge in [-0.2, -0.15) is 0 Å². The van der Waals surface area contributed by atoms with Gasteiger partial charge in [0.15, 0.2) is 0 Å². The van der Waals surface area contributed by atoms with E-state index in [0.717, 1.165) is 54.0 Å². The highest BCUT2D eigenvalue weighted by atomic mass is 35.5. The Bertz CT molecular complexity index is 677. The van der Waals surface area contributed by atoms with Crippen molar-refractivity contribution in [3.63, 3.8) is 0 Å². The number of nitrogens with zero attached hydrogens (tertiary/aromatic N) is 2. The topological polar surface area (TPSA) is 6.48 Å². The molecule has 1 saturated heterocycles. The lowest BCUT2D eigenvalue weighted by Gasteiger charge is -2.36. The Morgan fingerprint density at radius 2 is 1.39 bits per heavy atom. The second-order valence-electron chi connectivity index (χ2n) is 5.56. The molecule has 0 radical (unpaired) electrons. The molecule has 1 aliphatic heterocycles. The van der Waals surface area contributed by atoms with Gasteiger partial charge in [0.2, 0.25) is 0 Å². The minimum absolute atomic E-state index is 0.586. The molecule has 3 rings (SSSR count). The van der Waals surface area contributed by atoms with Crippen LogP contribution in [0.25, 0.3) is 0 Å². The quantitative estimate of drug-likeness (QED) is 0.671. The van der Waals surface area contributed by atoms with Gasteiger partial charge in [-0.25, -0.2) is 0 Å². The number of hydrogen-bond donors (Lipinski definition) is 0. The van der Waals surface area contributed by atoms with E-state index in [0.29, 0.717) is 10.0 Å². The molecule has 2 nitrogen and oxygen atoms in total. The summed E-state index contributed by atoms with van der Waals surface area (Å²) in [5, 5.41) is 2.63. The Morgan fingerprint density at radius 3 is 2.00 bits per heavy atom. The van der Waals surface area contributed by atoms with Crippen molar-refractivity contribution in [3.8, 4) is 0 Å². The molecule has 0 amide bonds. The molecule has 2 aromatic rings. The third kappa shape index (κ3) is 4.07. The highest BCUT2D eigenvalue weighted by molar-refractivity contribution is 6.42. The monoisotopic (exact) mass is 388 g/mol. The van der Waals surface area contributed by atoms with Gasteiger partial charge in [0.05, 0.1) is 10.0 Å². The van der Waals surface area contributed by atoms with E-state index in [9.17, 15) is 0 Å². The Kier molecular flexibility index (Phi) is 5.61. The SMILES string of the molecule is Clc1ccc(N2CCN(Cc3c(Cl)cccc3Cl)CC2)cc1Cl. The average molecular weight is 390 g/mol. The lowest BCUT2D eigenvalue weighted by molar-refractivity contribution is 0.250. The first-order valence-electron chi connectivity index (χ1n) is 7.40. The van der Waals surface area contributed by atoms with E-state index in [-0.39, 0.29) is 0 Å². The van der Waals surface area contributed by atoms with E-state index in [1.165, 1.54) is 0 Å². The van der Waals surface area contributed by atoms with Crippen LogP contribution in [0.5, 0.6) is 0 Å². The Balaban J connectivity index is 1.63. The lowest BCUT2D eigenvalue weighted by Crippen LogP contribution is -2.46. The molecule has 0 spiro atoms. The maximum atomic E-state index is 6.26. The molecule has 0 bridgehead atoms. The molecule has 0 unspecified atom stereocenters. The first-order chi connectivity index (χ1) is 11.0. The molecular weight excluding hydrogens is 374 g/mol. The summed E-state index contributed by atoms with van der Waals surface area (Å²) < 4.78 is 0. The highest BCUT2D eigenvalue weighted by Crippen LogP contribution is 2.29. The zero-order valence-electron chi connectivity index (χ0n) is 12.4. The predicted molar refractivity (Wildman–Crippen MR) is 100 cm³/mol. The van der Waals surface area contributed by atoms with Crippen LogP contribution in [0, 0.1) is 0 Å². The number of piperazine rings is 1. The van der Waals surface area contributed by atoms with Gasteiger partial charge >= 0.3 is 0 Å². The van der Waals surface area contributed by atoms with Crippen molar-refractivity contribution in [2.75, 3.05) is 31.1 Å². The second kappa shape index (κ2) is 7.50. The maximum Gasteiger partial charge on any atom is 0.0612 e. The van der Waals surface area contributed by atoms with Crippen LogP contribution >= 0.6 is 46.4 Å². The predicted octanol–water partition coefficient (Wildman–Crippen LogP) is 5.62. The standard InChI is InChI=1S/C17H16Cl4N2/c18-14-2-1-3-15(19)13(14)11-22-6-8-23(9-7-22)12-4-5-16(20)17(21)10-12/h1-5,10H,6-9,11H2. The fourth-order valence-electron chi connectivity index (χ4n) is 2.75. The molecule has 0 aliphatic carbocycles. The summed E-state index contributed by atoms with van der Waals surface area (Å²) in [6, 6.07) is 11.4. The summed E-state index contributed by atoms with van der Waals surface area (Å²) in [5.41, 5.74) is 2.11. The van der Waals surface area contributed by atoms with Gasteiger partial charge in [0.25, 0.3) is 0 Å². The Labute approximate surface area is 156 Å². The van der Waals surface area contributed by atoms with Crippen LogP contribution < -0.4 is 4.90 Å². The first-order valence-corrected chi connectivity index (χ1v) is 8.91. The number of benzene rings is 2. The molecule has 1 aliphatic rings. The minimum Gasteiger partial charge on any atom is -0.369 e. The van der Waals surface area contributed by atoms with Crippen LogP contribution in [-0.2, 0) is 6.54 Å². The van der Waals surface area contributed by atoms with Gasteiger partial charge in [0.1, 0.15) is 0 Å². The van der Waals surface area contributed by atoms with E-state index in [1.54, 1.807) is 0 Å². The van der Waals surface area contributed by atoms with Crippen LogP contribution in [0.2, 0.25) is 20.1 Å². The summed E-state index contributed by atoms with van der Waals surface area (Å²) in [6.07, 6.45) is 0. The molecule has 1 heterocycles. The van der Waals surface area contributed by atoms with Gasteiger partial charge in [0, 0.05) is 54.0 Å². The molecule has 0 aromatic heterocycles. The minimum atomic E-state index is 0.586. The largest absolute Gasteiger partial charge is 0.369 e. The molecule has 122 valence electrons. The van der Waals surface area contributed by atoms with E-state index in [1.807, 2.05) is 36.4 Å². The Hall–Kier alpha value is -0.640. The van der Waals surface area contributed by atoms with Crippen molar-refractivity contribution in [1.82, 2.24) is 4.90 Å². The summed E-state index contributed by atoms with van der Waals surface area (Å²) in [7, 11) is 0. The van der Waals surface area contributed by atoms with Gasteiger partial charge in [-0.15, -0.1) is 0 Å².